The van der Waals surface area contributed by atoms with E-state index in [1.54, 1.807) is 60.7 Å². The molecule has 0 aliphatic heterocycles. The smallest absolute Gasteiger partial charge is 0.329 e. The van der Waals surface area contributed by atoms with Crippen molar-refractivity contribution in [2.75, 3.05) is 31.5 Å². The molecule has 0 bridgehead atoms. The number of benzene rings is 3. The van der Waals surface area contributed by atoms with E-state index in [4.69, 9.17) is 25.8 Å². The predicted molar refractivity (Wildman–Crippen MR) is 141 cm³/mol. The van der Waals surface area contributed by atoms with Gasteiger partial charge in [0.15, 0.2) is 18.1 Å². The molecule has 0 aromatic heterocycles. The first-order valence-electron chi connectivity index (χ1n) is 10.9. The van der Waals surface area contributed by atoms with Gasteiger partial charge in [-0.15, -0.1) is 0 Å². The third-order valence-corrected chi connectivity index (χ3v) is 5.34. The Hall–Kier alpha value is -4.57. The molecule has 0 aliphatic carbocycles. The number of hydrogen-bond acceptors (Lipinski definition) is 7. The van der Waals surface area contributed by atoms with Crippen LogP contribution >= 0.6 is 11.6 Å². The van der Waals surface area contributed by atoms with Crippen molar-refractivity contribution in [3.8, 4) is 17.2 Å². The number of amides is 3. The summed E-state index contributed by atoms with van der Waals surface area (Å²) in [5.41, 5.74) is 4.60. The minimum Gasteiger partial charge on any atom is -0.497 e. The fourth-order valence-corrected chi connectivity index (χ4v) is 3.15. The lowest BCUT2D eigenvalue weighted by molar-refractivity contribution is -0.136. The highest BCUT2D eigenvalue weighted by molar-refractivity contribution is 6.39. The molecule has 10 nitrogen and oxygen atoms in total. The summed E-state index contributed by atoms with van der Waals surface area (Å²) in [6.45, 7) is 1.61. The molecule has 0 aliphatic rings. The van der Waals surface area contributed by atoms with E-state index >= 15 is 0 Å². The average Bonchev–Trinajstić information content (AvgIpc) is 2.90. The van der Waals surface area contributed by atoms with E-state index in [2.05, 4.69) is 21.2 Å². The van der Waals surface area contributed by atoms with Crippen LogP contribution in [0.25, 0.3) is 0 Å². The van der Waals surface area contributed by atoms with Gasteiger partial charge in [0.05, 0.1) is 20.4 Å². The van der Waals surface area contributed by atoms with Crippen LogP contribution in [0.1, 0.15) is 11.1 Å². The van der Waals surface area contributed by atoms with Crippen LogP contribution in [0.5, 0.6) is 17.2 Å². The van der Waals surface area contributed by atoms with E-state index in [0.29, 0.717) is 39.2 Å². The number of aryl methyl sites for hydroxylation is 1. The highest BCUT2D eigenvalue weighted by atomic mass is 35.5. The maximum absolute atomic E-state index is 12.2. The zero-order chi connectivity index (χ0) is 26.8. The maximum Gasteiger partial charge on any atom is 0.329 e. The second-order valence-electron chi connectivity index (χ2n) is 7.59. The molecule has 0 unspecified atom stereocenters. The fraction of sp³-hybridized carbons (Fsp3) is 0.154. The molecule has 192 valence electrons. The number of hydrazone groups is 1. The van der Waals surface area contributed by atoms with Gasteiger partial charge in [-0.1, -0.05) is 17.7 Å². The summed E-state index contributed by atoms with van der Waals surface area (Å²) in [7, 11) is 2.97. The van der Waals surface area contributed by atoms with Gasteiger partial charge < -0.3 is 24.8 Å². The van der Waals surface area contributed by atoms with Crippen molar-refractivity contribution < 1.29 is 28.6 Å². The first kappa shape index (κ1) is 27.0. The third-order valence-electron chi connectivity index (χ3n) is 4.94. The number of hydrogen-bond donors (Lipinski definition) is 3. The molecule has 11 heteroatoms. The van der Waals surface area contributed by atoms with Gasteiger partial charge in [0, 0.05) is 16.4 Å². The third kappa shape index (κ3) is 7.97. The molecule has 0 saturated heterocycles. The fourth-order valence-electron chi connectivity index (χ4n) is 2.97. The number of carbonyl (C=O) groups is 3. The molecular weight excluding hydrogens is 500 g/mol. The van der Waals surface area contributed by atoms with Gasteiger partial charge >= 0.3 is 11.8 Å². The quantitative estimate of drug-likeness (QED) is 0.222. The summed E-state index contributed by atoms with van der Waals surface area (Å²) in [5.74, 6) is -0.897. The Bertz CT molecular complexity index is 1310. The summed E-state index contributed by atoms with van der Waals surface area (Å²) in [5, 5.41) is 9.51. The number of nitrogens with one attached hydrogen (secondary N) is 3. The molecule has 3 aromatic rings. The van der Waals surface area contributed by atoms with Crippen molar-refractivity contribution in [1.82, 2.24) is 5.43 Å². The summed E-state index contributed by atoms with van der Waals surface area (Å²) in [6, 6.07) is 16.5. The van der Waals surface area contributed by atoms with Crippen molar-refractivity contribution >= 4 is 46.9 Å². The van der Waals surface area contributed by atoms with Crippen molar-refractivity contribution in [2.45, 2.75) is 6.92 Å². The molecule has 0 spiro atoms. The Morgan fingerprint density at radius 2 is 1.59 bits per heavy atom. The van der Waals surface area contributed by atoms with E-state index in [9.17, 15) is 14.4 Å². The largest absolute Gasteiger partial charge is 0.497 e. The second kappa shape index (κ2) is 12.9. The van der Waals surface area contributed by atoms with Gasteiger partial charge in [0.1, 0.15) is 5.75 Å². The van der Waals surface area contributed by atoms with E-state index in [1.807, 2.05) is 6.92 Å². The summed E-state index contributed by atoms with van der Waals surface area (Å²) >= 11 is 6.08. The molecule has 0 heterocycles. The Labute approximate surface area is 218 Å². The van der Waals surface area contributed by atoms with Crippen molar-refractivity contribution in [3.05, 3.63) is 76.8 Å². The number of halogens is 1. The van der Waals surface area contributed by atoms with Crippen LogP contribution in [-0.4, -0.2) is 44.8 Å². The first-order chi connectivity index (χ1) is 17.8. The minimum absolute atomic E-state index is 0.255. The lowest BCUT2D eigenvalue weighted by atomic mass is 10.2. The number of methoxy groups -OCH3 is 2. The first-order valence-corrected chi connectivity index (χ1v) is 11.3. The van der Waals surface area contributed by atoms with Gasteiger partial charge in [0.25, 0.3) is 5.91 Å². The van der Waals surface area contributed by atoms with Crippen LogP contribution in [0.4, 0.5) is 11.4 Å². The molecule has 37 heavy (non-hydrogen) atoms. The molecule has 3 amide bonds. The van der Waals surface area contributed by atoms with E-state index in [0.717, 1.165) is 5.56 Å². The molecule has 3 rings (SSSR count). The minimum atomic E-state index is -0.945. The number of ether oxygens (including phenoxy) is 3. The van der Waals surface area contributed by atoms with Crippen molar-refractivity contribution in [2.24, 2.45) is 5.10 Å². The van der Waals surface area contributed by atoms with Gasteiger partial charge in [0.2, 0.25) is 0 Å². The van der Waals surface area contributed by atoms with Crippen LogP contribution in [0, 0.1) is 6.92 Å². The molecular formula is C26H25ClN4O6. The Morgan fingerprint density at radius 3 is 2.27 bits per heavy atom. The Morgan fingerprint density at radius 1 is 0.865 bits per heavy atom. The van der Waals surface area contributed by atoms with Crippen molar-refractivity contribution in [3.63, 3.8) is 0 Å². The topological polar surface area (TPSA) is 127 Å². The lowest BCUT2D eigenvalue weighted by Gasteiger charge is -2.12. The number of carbonyl (C=O) groups excluding carboxylic acids is 3. The van der Waals surface area contributed by atoms with Crippen LogP contribution in [0.15, 0.2) is 65.8 Å². The van der Waals surface area contributed by atoms with Crippen LogP contribution in [-0.2, 0) is 14.4 Å². The zero-order valence-corrected chi connectivity index (χ0v) is 21.1. The van der Waals surface area contributed by atoms with Crippen molar-refractivity contribution in [1.29, 1.82) is 0 Å². The Kier molecular flexibility index (Phi) is 9.45. The Balaban J connectivity index is 1.51. The molecule has 3 aromatic carbocycles. The lowest BCUT2D eigenvalue weighted by Crippen LogP contribution is -2.32. The SMILES string of the molecule is COc1ccc(NC(=O)C(=O)N/N=C\c2ccc(OCC(=O)Nc3ccc(C)c(Cl)c3)c(OC)c2)cc1. The van der Waals surface area contributed by atoms with Gasteiger partial charge in [-0.25, -0.2) is 5.43 Å². The highest BCUT2D eigenvalue weighted by Gasteiger charge is 2.13. The predicted octanol–water partition coefficient (Wildman–Crippen LogP) is 3.77. The average molecular weight is 525 g/mol. The van der Waals surface area contributed by atoms with Crippen LogP contribution in [0.3, 0.4) is 0 Å². The van der Waals surface area contributed by atoms with Gasteiger partial charge in [-0.2, -0.15) is 5.10 Å². The normalized spacial score (nSPS) is 10.5. The highest BCUT2D eigenvalue weighted by Crippen LogP contribution is 2.27. The summed E-state index contributed by atoms with van der Waals surface area (Å²) in [6.07, 6.45) is 1.33. The van der Waals surface area contributed by atoms with Crippen LogP contribution in [0.2, 0.25) is 5.02 Å². The number of anilines is 2. The summed E-state index contributed by atoms with van der Waals surface area (Å²) in [4.78, 5) is 36.3. The summed E-state index contributed by atoms with van der Waals surface area (Å²) < 4.78 is 15.9. The number of rotatable bonds is 9. The molecule has 3 N–H and O–H groups in total. The van der Waals surface area contributed by atoms with E-state index in [1.165, 1.54) is 20.4 Å². The van der Waals surface area contributed by atoms with Crippen LogP contribution < -0.4 is 30.3 Å². The van der Waals surface area contributed by atoms with E-state index < -0.39 is 11.8 Å². The molecule has 0 fully saturated rings. The monoisotopic (exact) mass is 524 g/mol. The maximum atomic E-state index is 12.2. The molecule has 0 saturated carbocycles. The van der Waals surface area contributed by atoms with Gasteiger partial charge in [-0.3, -0.25) is 14.4 Å². The molecule has 0 radical (unpaired) electrons. The number of nitrogens with zero attached hydrogens (tertiary/aromatic N) is 1. The second-order valence-corrected chi connectivity index (χ2v) is 8.00. The van der Waals surface area contributed by atoms with E-state index in [-0.39, 0.29) is 12.5 Å². The standard InChI is InChI=1S/C26H25ClN4O6/c1-16-4-6-19(13-21(16)27)29-24(32)15-37-22-11-5-17(12-23(22)36-3)14-28-31-26(34)25(33)30-18-7-9-20(35-2)10-8-18/h4-14H,15H2,1-3H3,(H,29,32)(H,30,33)(H,31,34)/b28-14-. The zero-order valence-electron chi connectivity index (χ0n) is 20.3. The van der Waals surface area contributed by atoms with Gasteiger partial charge in [-0.05, 0) is 72.6 Å². The molecule has 0 atom stereocenters.